The Labute approximate surface area is 77.3 Å². The Morgan fingerprint density at radius 3 is 2.46 bits per heavy atom. The quantitative estimate of drug-likeness (QED) is 0.552. The van der Waals surface area contributed by atoms with E-state index in [4.69, 9.17) is 10.8 Å². The van der Waals surface area contributed by atoms with Gasteiger partial charge in [0.05, 0.1) is 12.5 Å². The fourth-order valence-corrected chi connectivity index (χ4v) is 0.848. The number of amides is 1. The number of carboxylic acid groups (broad SMARTS) is 1. The first kappa shape index (κ1) is 11.9. The van der Waals surface area contributed by atoms with E-state index in [1.165, 1.54) is 0 Å². The van der Waals surface area contributed by atoms with Crippen molar-refractivity contribution in [3.8, 4) is 0 Å². The minimum atomic E-state index is -0.933. The summed E-state index contributed by atoms with van der Waals surface area (Å²) in [5.74, 6) is -1.23. The normalized spacial score (nSPS) is 14.7. The molecule has 0 saturated heterocycles. The first-order valence-corrected chi connectivity index (χ1v) is 4.25. The van der Waals surface area contributed by atoms with E-state index in [0.717, 1.165) is 0 Å². The van der Waals surface area contributed by atoms with Crippen LogP contribution in [0.25, 0.3) is 0 Å². The zero-order valence-electron chi connectivity index (χ0n) is 7.91. The lowest BCUT2D eigenvalue weighted by molar-refractivity contribution is -0.137. The van der Waals surface area contributed by atoms with Crippen molar-refractivity contribution in [2.45, 2.75) is 38.8 Å². The van der Waals surface area contributed by atoms with Crippen LogP contribution in [-0.2, 0) is 9.59 Å². The van der Waals surface area contributed by atoms with Crippen LogP contribution < -0.4 is 11.1 Å². The predicted octanol–water partition coefficient (Wildman–Crippen LogP) is -0.297. The Hall–Kier alpha value is -1.10. The second-order valence-corrected chi connectivity index (χ2v) is 3.02. The Balaban J connectivity index is 3.84. The highest BCUT2D eigenvalue weighted by molar-refractivity contribution is 5.82. The van der Waals surface area contributed by atoms with Gasteiger partial charge in [-0.2, -0.15) is 0 Å². The molecule has 0 spiro atoms. The molecule has 0 aliphatic rings. The van der Waals surface area contributed by atoms with E-state index in [0.29, 0.717) is 6.42 Å². The molecule has 0 fully saturated rings. The topological polar surface area (TPSA) is 92.4 Å². The van der Waals surface area contributed by atoms with Crippen LogP contribution in [0, 0.1) is 0 Å². The van der Waals surface area contributed by atoms with E-state index in [2.05, 4.69) is 5.32 Å². The van der Waals surface area contributed by atoms with Gasteiger partial charge in [-0.15, -0.1) is 0 Å². The summed E-state index contributed by atoms with van der Waals surface area (Å²) in [4.78, 5) is 21.4. The molecule has 4 N–H and O–H groups in total. The second kappa shape index (κ2) is 5.53. The summed E-state index contributed by atoms with van der Waals surface area (Å²) >= 11 is 0. The number of hydrogen-bond donors (Lipinski definition) is 3. The molecule has 5 heteroatoms. The minimum Gasteiger partial charge on any atom is -0.481 e. The van der Waals surface area contributed by atoms with Crippen LogP contribution in [0.3, 0.4) is 0 Å². The van der Waals surface area contributed by atoms with E-state index in [-0.39, 0.29) is 18.4 Å². The van der Waals surface area contributed by atoms with Gasteiger partial charge < -0.3 is 16.2 Å². The third kappa shape index (κ3) is 5.19. The minimum absolute atomic E-state index is 0.0812. The summed E-state index contributed by atoms with van der Waals surface area (Å²) < 4.78 is 0. The molecule has 0 aromatic rings. The molecule has 13 heavy (non-hydrogen) atoms. The lowest BCUT2D eigenvalue weighted by atomic mass is 10.2. The maximum atomic E-state index is 11.1. The number of carbonyl (C=O) groups excluding carboxylic acids is 1. The van der Waals surface area contributed by atoms with Crippen molar-refractivity contribution in [2.24, 2.45) is 5.73 Å². The molecule has 0 aromatic carbocycles. The largest absolute Gasteiger partial charge is 0.481 e. The van der Waals surface area contributed by atoms with Gasteiger partial charge in [0.15, 0.2) is 0 Å². The molecule has 0 saturated carbocycles. The molecule has 2 atom stereocenters. The van der Waals surface area contributed by atoms with E-state index in [1.54, 1.807) is 13.8 Å². The van der Waals surface area contributed by atoms with E-state index >= 15 is 0 Å². The van der Waals surface area contributed by atoms with Gasteiger partial charge in [0.25, 0.3) is 0 Å². The van der Waals surface area contributed by atoms with E-state index in [1.807, 2.05) is 0 Å². The number of aliphatic carboxylic acids is 1. The average Bonchev–Trinajstić information content (AvgIpc) is 2.01. The molecule has 0 bridgehead atoms. The summed E-state index contributed by atoms with van der Waals surface area (Å²) in [5, 5.41) is 10.9. The van der Waals surface area contributed by atoms with Crippen molar-refractivity contribution >= 4 is 11.9 Å². The van der Waals surface area contributed by atoms with Gasteiger partial charge in [0, 0.05) is 6.04 Å². The fourth-order valence-electron chi connectivity index (χ4n) is 0.848. The van der Waals surface area contributed by atoms with Crippen molar-refractivity contribution in [3.05, 3.63) is 0 Å². The molecule has 0 heterocycles. The highest BCUT2D eigenvalue weighted by Gasteiger charge is 2.15. The van der Waals surface area contributed by atoms with Crippen molar-refractivity contribution < 1.29 is 14.7 Å². The van der Waals surface area contributed by atoms with Crippen molar-refractivity contribution in [1.29, 1.82) is 0 Å². The fraction of sp³-hybridized carbons (Fsp3) is 0.750. The van der Waals surface area contributed by atoms with Crippen LogP contribution in [-0.4, -0.2) is 29.1 Å². The molecule has 0 radical (unpaired) electrons. The van der Waals surface area contributed by atoms with Gasteiger partial charge >= 0.3 is 5.97 Å². The number of carbonyl (C=O) groups is 2. The SMILES string of the molecule is CC[C@H](N)C(=O)NC(C)CC(=O)O. The summed E-state index contributed by atoms with van der Waals surface area (Å²) in [7, 11) is 0. The number of hydrogen-bond acceptors (Lipinski definition) is 3. The predicted molar refractivity (Wildman–Crippen MR) is 48.1 cm³/mol. The molecule has 0 rings (SSSR count). The van der Waals surface area contributed by atoms with Crippen molar-refractivity contribution in [1.82, 2.24) is 5.32 Å². The third-order valence-electron chi connectivity index (χ3n) is 1.65. The summed E-state index contributed by atoms with van der Waals surface area (Å²) in [6.45, 7) is 3.43. The second-order valence-electron chi connectivity index (χ2n) is 3.02. The molecule has 0 aliphatic heterocycles. The highest BCUT2D eigenvalue weighted by Crippen LogP contribution is 1.93. The van der Waals surface area contributed by atoms with Gasteiger partial charge in [-0.25, -0.2) is 0 Å². The number of nitrogens with one attached hydrogen (secondary N) is 1. The van der Waals surface area contributed by atoms with Crippen LogP contribution in [0.5, 0.6) is 0 Å². The molecule has 76 valence electrons. The summed E-state index contributed by atoms with van der Waals surface area (Å²) in [6.07, 6.45) is 0.466. The van der Waals surface area contributed by atoms with Gasteiger partial charge in [-0.3, -0.25) is 9.59 Å². The first-order chi connectivity index (χ1) is 5.97. The van der Waals surface area contributed by atoms with Crippen LogP contribution in [0.1, 0.15) is 26.7 Å². The van der Waals surface area contributed by atoms with Gasteiger partial charge in [-0.05, 0) is 13.3 Å². The van der Waals surface area contributed by atoms with Crippen LogP contribution in [0.2, 0.25) is 0 Å². The van der Waals surface area contributed by atoms with Gasteiger partial charge in [-0.1, -0.05) is 6.92 Å². The smallest absolute Gasteiger partial charge is 0.305 e. The molecule has 0 aliphatic carbocycles. The molecule has 5 nitrogen and oxygen atoms in total. The number of rotatable bonds is 5. The molecule has 1 unspecified atom stereocenters. The lowest BCUT2D eigenvalue weighted by Crippen LogP contribution is -2.44. The third-order valence-corrected chi connectivity index (χ3v) is 1.65. The van der Waals surface area contributed by atoms with Crippen LogP contribution >= 0.6 is 0 Å². The van der Waals surface area contributed by atoms with Crippen LogP contribution in [0.15, 0.2) is 0 Å². The monoisotopic (exact) mass is 188 g/mol. The standard InChI is InChI=1S/C8H16N2O3/c1-3-6(9)8(13)10-5(2)4-7(11)12/h5-6H,3-4,9H2,1-2H3,(H,10,13)(H,11,12)/t5?,6-/m0/s1. The zero-order chi connectivity index (χ0) is 10.4. The lowest BCUT2D eigenvalue weighted by Gasteiger charge is -2.14. The summed E-state index contributed by atoms with van der Waals surface area (Å²) in [6, 6.07) is -0.918. The average molecular weight is 188 g/mol. The maximum absolute atomic E-state index is 11.1. The molecular formula is C8H16N2O3. The van der Waals surface area contributed by atoms with E-state index < -0.39 is 12.0 Å². The van der Waals surface area contributed by atoms with Gasteiger partial charge in [0.2, 0.25) is 5.91 Å². The molecule has 1 amide bonds. The Morgan fingerprint density at radius 2 is 2.08 bits per heavy atom. The van der Waals surface area contributed by atoms with E-state index in [9.17, 15) is 9.59 Å². The van der Waals surface area contributed by atoms with Crippen molar-refractivity contribution in [3.63, 3.8) is 0 Å². The van der Waals surface area contributed by atoms with Crippen molar-refractivity contribution in [2.75, 3.05) is 0 Å². The maximum Gasteiger partial charge on any atom is 0.305 e. The Bertz CT molecular complexity index is 194. The van der Waals surface area contributed by atoms with Crippen LogP contribution in [0.4, 0.5) is 0 Å². The summed E-state index contributed by atoms with van der Waals surface area (Å²) in [5.41, 5.74) is 5.44. The molecular weight excluding hydrogens is 172 g/mol. The highest BCUT2D eigenvalue weighted by atomic mass is 16.4. The number of carboxylic acids is 1. The van der Waals surface area contributed by atoms with Gasteiger partial charge in [0.1, 0.15) is 0 Å². The Kier molecular flexibility index (Phi) is 5.06. The Morgan fingerprint density at radius 1 is 1.54 bits per heavy atom. The zero-order valence-corrected chi connectivity index (χ0v) is 7.91. The first-order valence-electron chi connectivity index (χ1n) is 4.25. The molecule has 0 aromatic heterocycles. The number of nitrogens with two attached hydrogens (primary N) is 1.